The zero-order chi connectivity index (χ0) is 13.5. The second-order valence-corrected chi connectivity index (χ2v) is 4.00. The number of hydrogen-bond acceptors (Lipinski definition) is 3. The standard InChI is InChI=1S/C15H16N2O2/c16-10-11-17-15(18)19-14-8-6-13(7-9-14)12-4-2-1-3-5-12/h1-9H,10-11,16H2,(H,17,18). The molecule has 2 rings (SSSR count). The van der Waals surface area contributed by atoms with Crippen LogP contribution in [-0.2, 0) is 0 Å². The first-order valence-corrected chi connectivity index (χ1v) is 6.11. The van der Waals surface area contributed by atoms with E-state index in [1.807, 2.05) is 42.5 Å². The van der Waals surface area contributed by atoms with Crippen LogP contribution >= 0.6 is 0 Å². The number of nitrogens with one attached hydrogen (secondary N) is 1. The molecular formula is C15H16N2O2. The first kappa shape index (κ1) is 13.1. The Morgan fingerprint density at radius 3 is 2.26 bits per heavy atom. The Hall–Kier alpha value is -2.33. The van der Waals surface area contributed by atoms with Gasteiger partial charge in [-0.1, -0.05) is 42.5 Å². The fraction of sp³-hybridized carbons (Fsp3) is 0.133. The summed E-state index contributed by atoms with van der Waals surface area (Å²) >= 11 is 0. The zero-order valence-corrected chi connectivity index (χ0v) is 10.5. The minimum absolute atomic E-state index is 0.391. The number of ether oxygens (including phenoxy) is 1. The number of carbonyl (C=O) groups is 1. The van der Waals surface area contributed by atoms with Crippen LogP contribution in [0.1, 0.15) is 0 Å². The molecule has 2 aromatic rings. The molecule has 19 heavy (non-hydrogen) atoms. The van der Waals surface area contributed by atoms with E-state index in [1.54, 1.807) is 12.1 Å². The van der Waals surface area contributed by atoms with Crippen LogP contribution in [-0.4, -0.2) is 19.2 Å². The van der Waals surface area contributed by atoms with E-state index in [-0.39, 0.29) is 0 Å². The first-order chi connectivity index (χ1) is 9.29. The average Bonchev–Trinajstić information content (AvgIpc) is 2.47. The van der Waals surface area contributed by atoms with Gasteiger partial charge in [-0.05, 0) is 23.3 Å². The van der Waals surface area contributed by atoms with E-state index in [0.29, 0.717) is 18.8 Å². The lowest BCUT2D eigenvalue weighted by Crippen LogP contribution is -2.31. The molecule has 1 amide bonds. The smallest absolute Gasteiger partial charge is 0.410 e. The Morgan fingerprint density at radius 2 is 1.63 bits per heavy atom. The Kier molecular flexibility index (Phi) is 4.53. The van der Waals surface area contributed by atoms with Crippen molar-refractivity contribution >= 4 is 6.09 Å². The number of hydrogen-bond donors (Lipinski definition) is 2. The maximum atomic E-state index is 11.3. The minimum Gasteiger partial charge on any atom is -0.410 e. The highest BCUT2D eigenvalue weighted by Crippen LogP contribution is 2.21. The molecule has 0 aliphatic heterocycles. The predicted molar refractivity (Wildman–Crippen MR) is 75.0 cm³/mol. The third kappa shape index (κ3) is 3.82. The van der Waals surface area contributed by atoms with Crippen LogP contribution in [0.2, 0.25) is 0 Å². The van der Waals surface area contributed by atoms with Gasteiger partial charge in [-0.15, -0.1) is 0 Å². The van der Waals surface area contributed by atoms with Crippen LogP contribution in [0.4, 0.5) is 4.79 Å². The van der Waals surface area contributed by atoms with Gasteiger partial charge in [0.2, 0.25) is 0 Å². The Balaban J connectivity index is 2.01. The quantitative estimate of drug-likeness (QED) is 0.882. The molecule has 98 valence electrons. The molecule has 0 spiro atoms. The second-order valence-electron chi connectivity index (χ2n) is 4.00. The second kappa shape index (κ2) is 6.56. The maximum Gasteiger partial charge on any atom is 0.412 e. The maximum absolute atomic E-state index is 11.3. The van der Waals surface area contributed by atoms with Crippen LogP contribution < -0.4 is 15.8 Å². The average molecular weight is 256 g/mol. The third-order valence-electron chi connectivity index (χ3n) is 2.59. The van der Waals surface area contributed by atoms with Gasteiger partial charge in [0.15, 0.2) is 0 Å². The van der Waals surface area contributed by atoms with Crippen molar-refractivity contribution < 1.29 is 9.53 Å². The fourth-order valence-corrected chi connectivity index (χ4v) is 1.66. The van der Waals surface area contributed by atoms with E-state index in [1.165, 1.54) is 0 Å². The summed E-state index contributed by atoms with van der Waals surface area (Å²) in [4.78, 5) is 11.3. The van der Waals surface area contributed by atoms with Crippen LogP contribution in [0, 0.1) is 0 Å². The highest BCUT2D eigenvalue weighted by molar-refractivity contribution is 5.71. The van der Waals surface area contributed by atoms with Crippen molar-refractivity contribution in [1.82, 2.24) is 5.32 Å². The summed E-state index contributed by atoms with van der Waals surface area (Å²) in [7, 11) is 0. The summed E-state index contributed by atoms with van der Waals surface area (Å²) in [6.07, 6.45) is -0.488. The molecule has 0 fully saturated rings. The zero-order valence-electron chi connectivity index (χ0n) is 10.5. The van der Waals surface area contributed by atoms with Crippen molar-refractivity contribution in [3.05, 3.63) is 54.6 Å². The SMILES string of the molecule is NCCNC(=O)Oc1ccc(-c2ccccc2)cc1. The van der Waals surface area contributed by atoms with Gasteiger partial charge in [-0.2, -0.15) is 0 Å². The predicted octanol–water partition coefficient (Wildman–Crippen LogP) is 2.40. The van der Waals surface area contributed by atoms with Gasteiger partial charge < -0.3 is 15.8 Å². The molecule has 3 N–H and O–H groups in total. The summed E-state index contributed by atoms with van der Waals surface area (Å²) in [5.41, 5.74) is 7.49. The van der Waals surface area contributed by atoms with Crippen LogP contribution in [0.25, 0.3) is 11.1 Å². The summed E-state index contributed by atoms with van der Waals surface area (Å²) in [5.74, 6) is 0.509. The number of carbonyl (C=O) groups excluding carboxylic acids is 1. The van der Waals surface area contributed by atoms with E-state index in [9.17, 15) is 4.79 Å². The normalized spacial score (nSPS) is 9.95. The first-order valence-electron chi connectivity index (χ1n) is 6.11. The molecule has 0 aliphatic carbocycles. The van der Waals surface area contributed by atoms with Crippen molar-refractivity contribution in [2.45, 2.75) is 0 Å². The van der Waals surface area contributed by atoms with Gasteiger partial charge in [-0.25, -0.2) is 4.79 Å². The molecule has 0 aromatic heterocycles. The van der Waals surface area contributed by atoms with Gasteiger partial charge in [-0.3, -0.25) is 0 Å². The largest absolute Gasteiger partial charge is 0.412 e. The number of benzene rings is 2. The molecule has 0 radical (unpaired) electrons. The molecule has 0 heterocycles. The Labute approximate surface area is 112 Å². The summed E-state index contributed by atoms with van der Waals surface area (Å²) in [6.45, 7) is 0.795. The minimum atomic E-state index is -0.488. The van der Waals surface area contributed by atoms with Crippen molar-refractivity contribution in [2.24, 2.45) is 5.73 Å². The lowest BCUT2D eigenvalue weighted by Gasteiger charge is -2.06. The summed E-state index contributed by atoms with van der Waals surface area (Å²) in [5, 5.41) is 2.54. The molecule has 0 saturated heterocycles. The van der Waals surface area contributed by atoms with Gasteiger partial charge in [0.25, 0.3) is 0 Å². The van der Waals surface area contributed by atoms with E-state index < -0.39 is 6.09 Å². The van der Waals surface area contributed by atoms with E-state index >= 15 is 0 Å². The molecule has 0 atom stereocenters. The molecule has 4 nitrogen and oxygen atoms in total. The van der Waals surface area contributed by atoms with Gasteiger partial charge in [0.1, 0.15) is 5.75 Å². The monoisotopic (exact) mass is 256 g/mol. The molecule has 0 saturated carbocycles. The molecule has 2 aromatic carbocycles. The molecular weight excluding hydrogens is 240 g/mol. The summed E-state index contributed by atoms with van der Waals surface area (Å²) < 4.78 is 5.10. The lowest BCUT2D eigenvalue weighted by molar-refractivity contribution is 0.201. The van der Waals surface area contributed by atoms with Gasteiger partial charge >= 0.3 is 6.09 Å². The molecule has 4 heteroatoms. The van der Waals surface area contributed by atoms with Crippen LogP contribution in [0.15, 0.2) is 54.6 Å². The third-order valence-corrected chi connectivity index (χ3v) is 2.59. The van der Waals surface area contributed by atoms with E-state index in [2.05, 4.69) is 5.32 Å². The highest BCUT2D eigenvalue weighted by atomic mass is 16.5. The van der Waals surface area contributed by atoms with Crippen LogP contribution in [0.5, 0.6) is 5.75 Å². The molecule has 0 bridgehead atoms. The van der Waals surface area contributed by atoms with E-state index in [0.717, 1.165) is 11.1 Å². The van der Waals surface area contributed by atoms with Gasteiger partial charge in [0.05, 0.1) is 0 Å². The number of nitrogens with two attached hydrogens (primary N) is 1. The lowest BCUT2D eigenvalue weighted by atomic mass is 10.1. The van der Waals surface area contributed by atoms with Crippen molar-refractivity contribution in [3.8, 4) is 16.9 Å². The van der Waals surface area contributed by atoms with Crippen molar-refractivity contribution in [1.29, 1.82) is 0 Å². The Morgan fingerprint density at radius 1 is 1.00 bits per heavy atom. The summed E-state index contributed by atoms with van der Waals surface area (Å²) in [6, 6.07) is 17.4. The highest BCUT2D eigenvalue weighted by Gasteiger charge is 2.03. The van der Waals surface area contributed by atoms with Crippen LogP contribution in [0.3, 0.4) is 0 Å². The van der Waals surface area contributed by atoms with E-state index in [4.69, 9.17) is 10.5 Å². The Bertz CT molecular complexity index is 524. The molecule has 0 unspecified atom stereocenters. The number of amides is 1. The topological polar surface area (TPSA) is 64.3 Å². The van der Waals surface area contributed by atoms with Crippen molar-refractivity contribution in [2.75, 3.05) is 13.1 Å². The number of rotatable bonds is 4. The molecule has 0 aliphatic rings. The fourth-order valence-electron chi connectivity index (χ4n) is 1.66. The van der Waals surface area contributed by atoms with Crippen molar-refractivity contribution in [3.63, 3.8) is 0 Å². The van der Waals surface area contributed by atoms with Gasteiger partial charge in [0, 0.05) is 13.1 Å².